The summed E-state index contributed by atoms with van der Waals surface area (Å²) in [6.07, 6.45) is 0. The van der Waals surface area contributed by atoms with Gasteiger partial charge in [-0.1, -0.05) is 18.2 Å². The zero-order valence-electron chi connectivity index (χ0n) is 26.9. The maximum Gasteiger partial charge on any atom is 0.172 e. The summed E-state index contributed by atoms with van der Waals surface area (Å²) < 4.78 is 54.7. The van der Waals surface area contributed by atoms with Crippen LogP contribution >= 0.6 is 14.3 Å². The fourth-order valence-corrected chi connectivity index (χ4v) is 13.8. The Hall–Kier alpha value is -4.44. The van der Waals surface area contributed by atoms with E-state index in [1.54, 1.807) is 126 Å². The summed E-state index contributed by atoms with van der Waals surface area (Å²) in [5.41, 5.74) is 1.55. The van der Waals surface area contributed by atoms with Crippen molar-refractivity contribution in [2.24, 2.45) is 0 Å². The summed E-state index contributed by atoms with van der Waals surface area (Å²) in [6, 6.07) is 34.6. The zero-order valence-corrected chi connectivity index (χ0v) is 28.7. The monoisotopic (exact) mass is 655 g/mol. The van der Waals surface area contributed by atoms with Crippen LogP contribution in [0.4, 0.5) is 5.69 Å². The molecule has 46 heavy (non-hydrogen) atoms. The molecule has 5 rings (SSSR count). The van der Waals surface area contributed by atoms with Crippen molar-refractivity contribution in [2.75, 3.05) is 33.8 Å². The molecule has 0 atom stereocenters. The van der Waals surface area contributed by atoms with Crippen molar-refractivity contribution in [3.8, 4) is 23.0 Å². The Morgan fingerprint density at radius 1 is 0.457 bits per heavy atom. The molecule has 0 radical (unpaired) electrons. The van der Waals surface area contributed by atoms with E-state index in [2.05, 4.69) is 5.32 Å². The third kappa shape index (κ3) is 6.18. The molecule has 0 amide bonds. The maximum atomic E-state index is 16.4. The number of ether oxygens (including phenoxy) is 4. The first kappa shape index (κ1) is 32.9. The molecule has 0 aliphatic carbocycles. The van der Waals surface area contributed by atoms with Gasteiger partial charge in [-0.3, -0.25) is 0 Å². The predicted molar refractivity (Wildman–Crippen MR) is 189 cm³/mol. The van der Waals surface area contributed by atoms with E-state index in [1.807, 2.05) is 32.0 Å². The van der Waals surface area contributed by atoms with Gasteiger partial charge in [0.15, 0.2) is 14.3 Å². The fraction of sp³-hybridized carbons (Fsp3) is 0.189. The van der Waals surface area contributed by atoms with Crippen LogP contribution in [0.1, 0.15) is 11.1 Å². The van der Waals surface area contributed by atoms with Gasteiger partial charge in [0, 0.05) is 26.9 Å². The Morgan fingerprint density at radius 2 is 0.717 bits per heavy atom. The van der Waals surface area contributed by atoms with Crippen molar-refractivity contribution in [1.82, 2.24) is 0 Å². The van der Waals surface area contributed by atoms with Crippen LogP contribution in [0.25, 0.3) is 0 Å². The van der Waals surface area contributed by atoms with E-state index in [0.717, 1.165) is 16.8 Å². The number of anilines is 1. The highest BCUT2D eigenvalue weighted by molar-refractivity contribution is 7.95. The van der Waals surface area contributed by atoms with Crippen LogP contribution in [0.2, 0.25) is 0 Å². The normalized spacial score (nSPS) is 11.6. The largest absolute Gasteiger partial charge is 0.497 e. The topological polar surface area (TPSA) is 83.1 Å². The average molecular weight is 656 g/mol. The van der Waals surface area contributed by atoms with E-state index in [-0.39, 0.29) is 0 Å². The fourth-order valence-electron chi connectivity index (χ4n) is 5.66. The van der Waals surface area contributed by atoms with E-state index < -0.39 is 19.8 Å². The Balaban J connectivity index is 1.90. The molecule has 0 unspecified atom stereocenters. The molecule has 0 spiro atoms. The summed E-state index contributed by atoms with van der Waals surface area (Å²) in [6.45, 7) is 3.98. The first-order valence-electron chi connectivity index (χ1n) is 14.8. The Labute approximate surface area is 271 Å². The number of rotatable bonds is 12. The van der Waals surface area contributed by atoms with E-state index in [4.69, 9.17) is 18.9 Å². The molecule has 0 heterocycles. The molecule has 7 nitrogen and oxygen atoms in total. The molecule has 0 aliphatic heterocycles. The summed E-state index contributed by atoms with van der Waals surface area (Å²) in [4.78, 5) is 0. The highest BCUT2D eigenvalue weighted by atomic mass is 31.2. The minimum Gasteiger partial charge on any atom is -0.497 e. The molecule has 0 saturated heterocycles. The first-order valence-corrected chi connectivity index (χ1v) is 18.3. The van der Waals surface area contributed by atoms with Crippen molar-refractivity contribution >= 4 is 41.2 Å². The minimum absolute atomic E-state index is 0.532. The molecule has 0 fully saturated rings. The van der Waals surface area contributed by atoms with Gasteiger partial charge in [0.1, 0.15) is 28.5 Å². The lowest BCUT2D eigenvalue weighted by molar-refractivity contribution is 0.415. The second-order valence-electron chi connectivity index (χ2n) is 10.9. The lowest BCUT2D eigenvalue weighted by Crippen LogP contribution is -2.38. The molecule has 238 valence electrons. The van der Waals surface area contributed by atoms with E-state index >= 15 is 9.13 Å². The van der Waals surface area contributed by atoms with Gasteiger partial charge in [0.05, 0.1) is 28.4 Å². The third-order valence-corrected chi connectivity index (χ3v) is 16.1. The van der Waals surface area contributed by atoms with Crippen LogP contribution in [0, 0.1) is 13.8 Å². The number of hydrogen-bond acceptors (Lipinski definition) is 7. The van der Waals surface area contributed by atoms with Crippen molar-refractivity contribution in [1.29, 1.82) is 0 Å². The third-order valence-electron chi connectivity index (χ3n) is 8.27. The van der Waals surface area contributed by atoms with Crippen molar-refractivity contribution in [2.45, 2.75) is 19.4 Å². The van der Waals surface area contributed by atoms with E-state index in [1.165, 1.54) is 0 Å². The quantitative estimate of drug-likeness (QED) is 0.144. The van der Waals surface area contributed by atoms with Crippen molar-refractivity contribution in [3.63, 3.8) is 0 Å². The van der Waals surface area contributed by atoms with Gasteiger partial charge in [-0.05, 0) is 122 Å². The molecule has 5 aromatic carbocycles. The maximum absolute atomic E-state index is 16.4. The minimum atomic E-state index is -3.84. The molecule has 1 N–H and O–H groups in total. The van der Waals surface area contributed by atoms with Crippen LogP contribution in [0.3, 0.4) is 0 Å². The summed E-state index contributed by atoms with van der Waals surface area (Å²) in [7, 11) is -1.32. The first-order chi connectivity index (χ1) is 22.2. The SMILES string of the molecule is COc1ccc(P(=O)(c2ccc(OC)cc2)C(Nc2c(C)cccc2C)P(=O)(c2ccc(OC)cc2)c2ccc(OC)cc2)cc1. The van der Waals surface area contributed by atoms with Gasteiger partial charge in [0.2, 0.25) is 0 Å². The van der Waals surface area contributed by atoms with Gasteiger partial charge in [-0.2, -0.15) is 0 Å². The molecule has 0 saturated carbocycles. The molecular formula is C37H39NO6P2. The van der Waals surface area contributed by atoms with Crippen LogP contribution in [-0.2, 0) is 9.13 Å². The second kappa shape index (κ2) is 13.9. The van der Waals surface area contributed by atoms with Crippen LogP contribution in [0.15, 0.2) is 115 Å². The molecule has 5 aromatic rings. The molecule has 0 bridgehead atoms. The predicted octanol–water partition coefficient (Wildman–Crippen LogP) is 7.06. The van der Waals surface area contributed by atoms with Gasteiger partial charge >= 0.3 is 0 Å². The number of nitrogens with one attached hydrogen (secondary N) is 1. The highest BCUT2D eigenvalue weighted by Gasteiger charge is 2.50. The number of aryl methyl sites for hydroxylation is 2. The Morgan fingerprint density at radius 3 is 0.957 bits per heavy atom. The van der Waals surface area contributed by atoms with Crippen molar-refractivity contribution in [3.05, 3.63) is 126 Å². The summed E-state index contributed by atoms with van der Waals surface area (Å²) >= 11 is 0. The second-order valence-corrected chi connectivity index (χ2v) is 17.0. The van der Waals surface area contributed by atoms with Gasteiger partial charge < -0.3 is 33.4 Å². The summed E-state index contributed by atoms with van der Waals surface area (Å²) in [5.74, 6) is 2.49. The van der Waals surface area contributed by atoms with Gasteiger partial charge in [-0.15, -0.1) is 0 Å². The number of methoxy groups -OCH3 is 4. The van der Waals surface area contributed by atoms with Crippen molar-refractivity contribution < 1.29 is 28.1 Å². The molecule has 0 aliphatic rings. The molecule has 9 heteroatoms. The standard InChI is InChI=1S/C37H39NO6P2/c1-26-8-7-9-27(2)36(26)38-37(45(39,32-18-10-28(41-3)11-19-32)33-20-12-29(42-4)13-21-33)46(40,34-22-14-30(43-5)15-23-34)35-24-16-31(44-6)17-25-35/h7-25,37-38H,1-6H3. The van der Waals surface area contributed by atoms with Gasteiger partial charge in [0.25, 0.3) is 0 Å². The summed E-state index contributed by atoms with van der Waals surface area (Å²) in [5, 5.41) is 5.78. The smallest absolute Gasteiger partial charge is 0.172 e. The molecular weight excluding hydrogens is 616 g/mol. The van der Waals surface area contributed by atoms with E-state index in [9.17, 15) is 0 Å². The Kier molecular flexibility index (Phi) is 9.96. The van der Waals surface area contributed by atoms with Crippen LogP contribution in [0.5, 0.6) is 23.0 Å². The average Bonchev–Trinajstić information content (AvgIpc) is 3.11. The number of hydrogen-bond donors (Lipinski definition) is 1. The van der Waals surface area contributed by atoms with Crippen LogP contribution < -0.4 is 45.5 Å². The zero-order chi connectivity index (χ0) is 32.9. The molecule has 0 aromatic heterocycles. The number of para-hydroxylation sites is 1. The van der Waals surface area contributed by atoms with Gasteiger partial charge in [-0.25, -0.2) is 0 Å². The highest BCUT2D eigenvalue weighted by Crippen LogP contribution is 2.66. The lowest BCUT2D eigenvalue weighted by atomic mass is 10.1. The van der Waals surface area contributed by atoms with Crippen LogP contribution in [-0.4, -0.2) is 34.0 Å². The number of benzene rings is 5. The Bertz CT molecular complexity index is 1640. The lowest BCUT2D eigenvalue weighted by Gasteiger charge is -2.37. The van der Waals surface area contributed by atoms with E-state index in [0.29, 0.717) is 44.2 Å².